The Kier molecular flexibility index (Phi) is 5.95. The van der Waals surface area contributed by atoms with Gasteiger partial charge < -0.3 is 15.0 Å². The number of methoxy groups -OCH3 is 1. The number of pyridine rings is 1. The summed E-state index contributed by atoms with van der Waals surface area (Å²) >= 11 is 0. The molecular formula is C20H21N5O5. The molecule has 30 heavy (non-hydrogen) atoms. The Bertz CT molecular complexity index is 1210. The molecule has 0 spiro atoms. The SMILES string of the molecule is CCn1c(=O)[nH]c(=O)c2cc(C(=O)N(C)CC(=O)Nc3ccc(OC)cc3)cnc21. The molecule has 0 saturated heterocycles. The summed E-state index contributed by atoms with van der Waals surface area (Å²) in [5.41, 5.74) is -0.287. The van der Waals surface area contributed by atoms with Gasteiger partial charge in [0, 0.05) is 25.5 Å². The summed E-state index contributed by atoms with van der Waals surface area (Å²) in [4.78, 5) is 56.5. The lowest BCUT2D eigenvalue weighted by Crippen LogP contribution is -2.35. The summed E-state index contributed by atoms with van der Waals surface area (Å²) in [6.07, 6.45) is 1.29. The Balaban J connectivity index is 1.76. The zero-order valence-corrected chi connectivity index (χ0v) is 16.8. The van der Waals surface area contributed by atoms with Crippen molar-refractivity contribution in [1.29, 1.82) is 0 Å². The molecule has 0 saturated carbocycles. The maximum atomic E-state index is 12.7. The van der Waals surface area contributed by atoms with Crippen molar-refractivity contribution in [2.75, 3.05) is 26.0 Å². The fraction of sp³-hybridized carbons (Fsp3) is 0.250. The smallest absolute Gasteiger partial charge is 0.329 e. The molecule has 0 fully saturated rings. The maximum Gasteiger partial charge on any atom is 0.329 e. The number of benzene rings is 1. The third-order valence-electron chi connectivity index (χ3n) is 4.50. The van der Waals surface area contributed by atoms with Gasteiger partial charge >= 0.3 is 5.69 Å². The molecule has 2 aromatic heterocycles. The van der Waals surface area contributed by atoms with Crippen molar-refractivity contribution in [2.45, 2.75) is 13.5 Å². The molecule has 0 atom stereocenters. The Labute approximate surface area is 171 Å². The molecule has 1 aromatic carbocycles. The van der Waals surface area contributed by atoms with Crippen LogP contribution in [-0.4, -0.2) is 52.0 Å². The summed E-state index contributed by atoms with van der Waals surface area (Å²) in [7, 11) is 3.02. The molecule has 2 amide bonds. The number of nitrogens with zero attached hydrogens (tertiary/aromatic N) is 3. The third kappa shape index (κ3) is 4.22. The Hall–Kier alpha value is -3.95. The molecule has 0 aliphatic rings. The quantitative estimate of drug-likeness (QED) is 0.619. The van der Waals surface area contributed by atoms with Gasteiger partial charge in [0.1, 0.15) is 11.4 Å². The molecule has 2 heterocycles. The molecule has 10 nitrogen and oxygen atoms in total. The van der Waals surface area contributed by atoms with Crippen molar-refractivity contribution in [3.8, 4) is 5.75 Å². The van der Waals surface area contributed by atoms with Gasteiger partial charge in [-0.05, 0) is 37.3 Å². The molecule has 0 radical (unpaired) electrons. The number of carbonyl (C=O) groups excluding carboxylic acids is 2. The highest BCUT2D eigenvalue weighted by Crippen LogP contribution is 2.15. The summed E-state index contributed by atoms with van der Waals surface area (Å²) in [5, 5.41) is 2.82. The van der Waals surface area contributed by atoms with Gasteiger partial charge in [-0.15, -0.1) is 0 Å². The molecule has 0 aliphatic heterocycles. The number of H-pyrrole nitrogens is 1. The number of fused-ring (bicyclic) bond motifs is 1. The van der Waals surface area contributed by atoms with E-state index in [4.69, 9.17) is 4.74 Å². The standard InChI is InChI=1S/C20H21N5O5/c1-4-25-17-15(18(27)23-20(25)29)9-12(10-21-17)19(28)24(2)11-16(26)22-13-5-7-14(30-3)8-6-13/h5-10H,4,11H2,1-3H3,(H,22,26)(H,23,27,29). The molecule has 3 rings (SSSR count). The van der Waals surface area contributed by atoms with Gasteiger partial charge in [-0.1, -0.05) is 0 Å². The number of anilines is 1. The number of hydrogen-bond acceptors (Lipinski definition) is 6. The van der Waals surface area contributed by atoms with E-state index in [1.165, 1.54) is 28.8 Å². The summed E-state index contributed by atoms with van der Waals surface area (Å²) in [5.74, 6) is -0.210. The van der Waals surface area contributed by atoms with Crippen molar-refractivity contribution in [3.05, 3.63) is 62.9 Å². The predicted molar refractivity (Wildman–Crippen MR) is 111 cm³/mol. The second-order valence-corrected chi connectivity index (χ2v) is 6.54. The molecule has 156 valence electrons. The Morgan fingerprint density at radius 3 is 2.57 bits per heavy atom. The van der Waals surface area contributed by atoms with Crippen LogP contribution >= 0.6 is 0 Å². The van der Waals surface area contributed by atoms with Gasteiger partial charge in [-0.2, -0.15) is 0 Å². The minimum Gasteiger partial charge on any atom is -0.497 e. The summed E-state index contributed by atoms with van der Waals surface area (Å²) in [6.45, 7) is 1.86. The van der Waals surface area contributed by atoms with Gasteiger partial charge in [0.2, 0.25) is 5.91 Å². The van der Waals surface area contributed by atoms with Gasteiger partial charge in [0.05, 0.1) is 24.6 Å². The van der Waals surface area contributed by atoms with Crippen molar-refractivity contribution in [2.24, 2.45) is 0 Å². The topological polar surface area (TPSA) is 126 Å². The zero-order chi connectivity index (χ0) is 21.8. The molecule has 0 unspecified atom stereocenters. The predicted octanol–water partition coefficient (Wildman–Crippen LogP) is 0.824. The van der Waals surface area contributed by atoms with Crippen LogP contribution in [-0.2, 0) is 11.3 Å². The van der Waals surface area contributed by atoms with E-state index in [0.29, 0.717) is 18.0 Å². The third-order valence-corrected chi connectivity index (χ3v) is 4.50. The number of amides is 2. The molecule has 0 aliphatic carbocycles. The lowest BCUT2D eigenvalue weighted by Gasteiger charge is -2.17. The van der Waals surface area contributed by atoms with E-state index in [2.05, 4.69) is 15.3 Å². The van der Waals surface area contributed by atoms with E-state index in [1.807, 2.05) is 0 Å². The van der Waals surface area contributed by atoms with Gasteiger partial charge in [-0.25, -0.2) is 9.78 Å². The Morgan fingerprint density at radius 1 is 1.23 bits per heavy atom. The second kappa shape index (κ2) is 8.60. The number of aryl methyl sites for hydroxylation is 1. The van der Waals surface area contributed by atoms with E-state index in [-0.39, 0.29) is 29.0 Å². The van der Waals surface area contributed by atoms with Crippen molar-refractivity contribution >= 4 is 28.5 Å². The van der Waals surface area contributed by atoms with Crippen LogP contribution in [0.4, 0.5) is 5.69 Å². The number of aromatic nitrogens is 3. The van der Waals surface area contributed by atoms with Crippen molar-refractivity contribution < 1.29 is 14.3 Å². The van der Waals surface area contributed by atoms with Crippen LogP contribution in [0.15, 0.2) is 46.1 Å². The van der Waals surface area contributed by atoms with Crippen LogP contribution in [0.25, 0.3) is 11.0 Å². The first-order chi connectivity index (χ1) is 14.3. The maximum absolute atomic E-state index is 12.7. The van der Waals surface area contributed by atoms with Crippen molar-refractivity contribution in [3.63, 3.8) is 0 Å². The average Bonchev–Trinajstić information content (AvgIpc) is 2.73. The van der Waals surface area contributed by atoms with E-state index >= 15 is 0 Å². The number of nitrogens with one attached hydrogen (secondary N) is 2. The largest absolute Gasteiger partial charge is 0.497 e. The van der Waals surface area contributed by atoms with E-state index in [1.54, 1.807) is 38.3 Å². The average molecular weight is 411 g/mol. The molecule has 10 heteroatoms. The highest BCUT2D eigenvalue weighted by Gasteiger charge is 2.18. The fourth-order valence-electron chi connectivity index (χ4n) is 2.96. The lowest BCUT2D eigenvalue weighted by molar-refractivity contribution is -0.116. The van der Waals surface area contributed by atoms with E-state index in [9.17, 15) is 19.2 Å². The minimum absolute atomic E-state index is 0.124. The van der Waals surface area contributed by atoms with Crippen LogP contribution in [0.5, 0.6) is 5.75 Å². The highest BCUT2D eigenvalue weighted by atomic mass is 16.5. The van der Waals surface area contributed by atoms with E-state index in [0.717, 1.165) is 0 Å². The summed E-state index contributed by atoms with van der Waals surface area (Å²) in [6, 6.07) is 8.15. The van der Waals surface area contributed by atoms with Crippen LogP contribution in [0.3, 0.4) is 0 Å². The van der Waals surface area contributed by atoms with Crippen LogP contribution in [0, 0.1) is 0 Å². The zero-order valence-electron chi connectivity index (χ0n) is 16.8. The Morgan fingerprint density at radius 2 is 1.93 bits per heavy atom. The highest BCUT2D eigenvalue weighted by molar-refractivity contribution is 6.00. The van der Waals surface area contributed by atoms with Crippen molar-refractivity contribution in [1.82, 2.24) is 19.4 Å². The number of ether oxygens (including phenoxy) is 1. The summed E-state index contributed by atoms with van der Waals surface area (Å²) < 4.78 is 6.37. The fourth-order valence-corrected chi connectivity index (χ4v) is 2.96. The number of hydrogen-bond donors (Lipinski definition) is 2. The first-order valence-corrected chi connectivity index (χ1v) is 9.16. The van der Waals surface area contributed by atoms with Crippen LogP contribution in [0.2, 0.25) is 0 Å². The number of aromatic amines is 1. The minimum atomic E-state index is -0.623. The van der Waals surface area contributed by atoms with Gasteiger partial charge in [0.25, 0.3) is 11.5 Å². The van der Waals surface area contributed by atoms with Crippen LogP contribution < -0.4 is 21.3 Å². The molecule has 3 aromatic rings. The molecule has 2 N–H and O–H groups in total. The number of likely N-dealkylation sites (N-methyl/N-ethyl adjacent to an activating group) is 1. The second-order valence-electron chi connectivity index (χ2n) is 6.54. The number of rotatable bonds is 6. The molecular weight excluding hydrogens is 390 g/mol. The van der Waals surface area contributed by atoms with E-state index < -0.39 is 17.2 Å². The van der Waals surface area contributed by atoms with Crippen LogP contribution in [0.1, 0.15) is 17.3 Å². The monoisotopic (exact) mass is 411 g/mol. The first kappa shape index (κ1) is 20.8. The van der Waals surface area contributed by atoms with Gasteiger partial charge in [0.15, 0.2) is 0 Å². The van der Waals surface area contributed by atoms with Gasteiger partial charge in [-0.3, -0.25) is 23.9 Å². The lowest BCUT2D eigenvalue weighted by atomic mass is 10.2. The first-order valence-electron chi connectivity index (χ1n) is 9.16. The normalized spacial score (nSPS) is 10.6. The molecule has 0 bridgehead atoms. The number of carbonyl (C=O) groups is 2.